The first-order valence-electron chi connectivity index (χ1n) is 10.8. The first kappa shape index (κ1) is 19.7. The fourth-order valence-corrected chi connectivity index (χ4v) is 4.71. The lowest BCUT2D eigenvalue weighted by atomic mass is 10.0. The molecule has 2 fully saturated rings. The molecule has 31 heavy (non-hydrogen) atoms. The highest BCUT2D eigenvalue weighted by Crippen LogP contribution is 2.30. The Kier molecular flexibility index (Phi) is 5.19. The van der Waals surface area contributed by atoms with E-state index in [-0.39, 0.29) is 24.1 Å². The second-order valence-electron chi connectivity index (χ2n) is 8.44. The van der Waals surface area contributed by atoms with Crippen LogP contribution >= 0.6 is 0 Å². The van der Waals surface area contributed by atoms with E-state index in [4.69, 9.17) is 0 Å². The van der Waals surface area contributed by atoms with Crippen LogP contribution in [0.3, 0.4) is 0 Å². The van der Waals surface area contributed by atoms with Gasteiger partial charge in [0.2, 0.25) is 11.8 Å². The maximum Gasteiger partial charge on any atom is 0.255 e. The second-order valence-corrected chi connectivity index (χ2v) is 8.44. The summed E-state index contributed by atoms with van der Waals surface area (Å²) in [5.74, 6) is -0.816. The van der Waals surface area contributed by atoms with E-state index in [2.05, 4.69) is 21.0 Å². The van der Waals surface area contributed by atoms with E-state index in [9.17, 15) is 14.4 Å². The maximum atomic E-state index is 12.9. The first-order chi connectivity index (χ1) is 15.1. The molecule has 162 valence electrons. The van der Waals surface area contributed by atoms with Gasteiger partial charge >= 0.3 is 0 Å². The summed E-state index contributed by atoms with van der Waals surface area (Å²) in [6, 6.07) is 5.56. The number of rotatable bonds is 6. The van der Waals surface area contributed by atoms with Crippen molar-refractivity contribution in [2.24, 2.45) is 0 Å². The molecule has 0 bridgehead atoms. The van der Waals surface area contributed by atoms with Crippen molar-refractivity contribution in [2.45, 2.75) is 57.4 Å². The number of anilines is 1. The maximum absolute atomic E-state index is 12.9. The number of imide groups is 1. The van der Waals surface area contributed by atoms with Crippen molar-refractivity contribution in [1.29, 1.82) is 0 Å². The summed E-state index contributed by atoms with van der Waals surface area (Å²) >= 11 is 0. The minimum Gasteiger partial charge on any atom is -0.378 e. The van der Waals surface area contributed by atoms with Crippen LogP contribution in [0, 0.1) is 0 Å². The number of carbonyl (C=O) groups excluding carboxylic acids is 3. The van der Waals surface area contributed by atoms with Crippen LogP contribution in [0.15, 0.2) is 30.6 Å². The zero-order chi connectivity index (χ0) is 21.4. The topological polar surface area (TPSA) is 108 Å². The van der Waals surface area contributed by atoms with Crippen molar-refractivity contribution in [3.8, 4) is 0 Å². The number of fused-ring (bicyclic) bond motifs is 1. The molecule has 2 aromatic rings. The number of hydrogen-bond donors (Lipinski definition) is 3. The molecule has 2 saturated heterocycles. The molecule has 3 aliphatic heterocycles. The van der Waals surface area contributed by atoms with Gasteiger partial charge in [-0.05, 0) is 43.0 Å². The van der Waals surface area contributed by atoms with Crippen LogP contribution in [0.25, 0.3) is 0 Å². The van der Waals surface area contributed by atoms with E-state index in [1.54, 1.807) is 11.0 Å². The molecule has 0 radical (unpaired) electrons. The number of benzene rings is 1. The van der Waals surface area contributed by atoms with Crippen LogP contribution in [0.2, 0.25) is 0 Å². The zero-order valence-electron chi connectivity index (χ0n) is 17.3. The van der Waals surface area contributed by atoms with E-state index < -0.39 is 6.04 Å². The molecule has 5 rings (SSSR count). The van der Waals surface area contributed by atoms with Gasteiger partial charge in [0.15, 0.2) is 0 Å². The van der Waals surface area contributed by atoms with E-state index in [1.807, 2.05) is 29.2 Å². The third kappa shape index (κ3) is 3.93. The summed E-state index contributed by atoms with van der Waals surface area (Å²) in [5, 5.41) is 13.7. The Morgan fingerprint density at radius 3 is 2.90 bits per heavy atom. The predicted octanol–water partition coefficient (Wildman–Crippen LogP) is 1.01. The first-order valence-corrected chi connectivity index (χ1v) is 10.8. The van der Waals surface area contributed by atoms with Crippen LogP contribution in [-0.4, -0.2) is 51.0 Å². The van der Waals surface area contributed by atoms with Crippen LogP contribution in [-0.2, 0) is 29.2 Å². The smallest absolute Gasteiger partial charge is 0.255 e. The molecule has 3 aliphatic rings. The zero-order valence-corrected chi connectivity index (χ0v) is 17.3. The quantitative estimate of drug-likeness (QED) is 0.600. The third-order valence-corrected chi connectivity index (χ3v) is 6.37. The van der Waals surface area contributed by atoms with E-state index in [0.29, 0.717) is 31.1 Å². The fraction of sp³-hybridized carbons (Fsp3) is 0.455. The molecule has 3 N–H and O–H groups in total. The van der Waals surface area contributed by atoms with Crippen molar-refractivity contribution in [1.82, 2.24) is 25.3 Å². The monoisotopic (exact) mass is 422 g/mol. The molecule has 2 unspecified atom stereocenters. The molecule has 9 heteroatoms. The molecule has 0 spiro atoms. The van der Waals surface area contributed by atoms with Gasteiger partial charge in [0.05, 0.1) is 18.4 Å². The highest BCUT2D eigenvalue weighted by molar-refractivity contribution is 6.05. The summed E-state index contributed by atoms with van der Waals surface area (Å²) in [6.45, 7) is 2.88. The summed E-state index contributed by atoms with van der Waals surface area (Å²) in [4.78, 5) is 38.2. The molecule has 9 nitrogen and oxygen atoms in total. The molecule has 3 amide bonds. The highest BCUT2D eigenvalue weighted by atomic mass is 16.2. The van der Waals surface area contributed by atoms with Gasteiger partial charge in [-0.3, -0.25) is 24.4 Å². The Labute approximate surface area is 180 Å². The molecule has 0 saturated carbocycles. The van der Waals surface area contributed by atoms with Crippen LogP contribution in [0.5, 0.6) is 0 Å². The number of amides is 3. The van der Waals surface area contributed by atoms with Gasteiger partial charge in [-0.15, -0.1) is 0 Å². The second kappa shape index (κ2) is 8.14. The van der Waals surface area contributed by atoms with Gasteiger partial charge in [0.1, 0.15) is 6.04 Å². The van der Waals surface area contributed by atoms with E-state index in [1.165, 1.54) is 12.8 Å². The van der Waals surface area contributed by atoms with Gasteiger partial charge in [-0.2, -0.15) is 5.10 Å². The Hall–Kier alpha value is -3.20. The van der Waals surface area contributed by atoms with Crippen molar-refractivity contribution < 1.29 is 14.4 Å². The average molecular weight is 422 g/mol. The van der Waals surface area contributed by atoms with Gasteiger partial charge < -0.3 is 15.5 Å². The molecule has 2 atom stereocenters. The van der Waals surface area contributed by atoms with Crippen molar-refractivity contribution in [3.05, 3.63) is 47.3 Å². The normalized spacial score (nSPS) is 23.2. The van der Waals surface area contributed by atoms with Crippen LogP contribution in [0.4, 0.5) is 5.69 Å². The highest BCUT2D eigenvalue weighted by Gasteiger charge is 2.39. The number of piperidine rings is 1. The Bertz CT molecular complexity index is 1030. The number of nitrogens with zero attached hydrogens (tertiary/aromatic N) is 3. The van der Waals surface area contributed by atoms with Gasteiger partial charge in [-0.1, -0.05) is 12.1 Å². The summed E-state index contributed by atoms with van der Waals surface area (Å²) in [5.41, 5.74) is 3.52. The third-order valence-electron chi connectivity index (χ3n) is 6.37. The van der Waals surface area contributed by atoms with Crippen molar-refractivity contribution >= 4 is 23.4 Å². The number of hydrogen-bond acceptors (Lipinski definition) is 6. The molecule has 1 aromatic heterocycles. The van der Waals surface area contributed by atoms with Crippen molar-refractivity contribution in [2.75, 3.05) is 11.9 Å². The minimum absolute atomic E-state index is 0.150. The average Bonchev–Trinajstić information content (AvgIpc) is 3.49. The van der Waals surface area contributed by atoms with Gasteiger partial charge in [0.25, 0.3) is 5.91 Å². The van der Waals surface area contributed by atoms with Crippen molar-refractivity contribution in [3.63, 3.8) is 0 Å². The Balaban J connectivity index is 1.26. The standard InChI is InChI=1S/C22H26N6O3/c29-20-7-6-19(21(30)26-20)28-13-18-14(3-1-5-17(18)22(28)31)9-24-16-10-25-27(12-16)11-15-4-2-8-23-15/h1,3,5,10,12,15,19,23-24H,2,4,6-9,11,13H2,(H,26,29,30). The van der Waals surface area contributed by atoms with Gasteiger partial charge in [0, 0.05) is 37.3 Å². The molecular formula is C22H26N6O3. The number of nitrogens with one attached hydrogen (secondary N) is 3. The largest absolute Gasteiger partial charge is 0.378 e. The summed E-state index contributed by atoms with van der Waals surface area (Å²) in [6.07, 6.45) is 6.84. The lowest BCUT2D eigenvalue weighted by Crippen LogP contribution is -2.52. The van der Waals surface area contributed by atoms with E-state index in [0.717, 1.165) is 29.9 Å². The lowest BCUT2D eigenvalue weighted by Gasteiger charge is -2.29. The SMILES string of the molecule is O=C1CCC(N2Cc3c(CNc4cnn(CC5CCCN5)c4)cccc3C2=O)C(=O)N1. The Morgan fingerprint density at radius 2 is 2.10 bits per heavy atom. The fourth-order valence-electron chi connectivity index (χ4n) is 4.71. The number of carbonyl (C=O) groups is 3. The number of aromatic nitrogens is 2. The molecule has 4 heterocycles. The lowest BCUT2D eigenvalue weighted by molar-refractivity contribution is -0.136. The predicted molar refractivity (Wildman–Crippen MR) is 113 cm³/mol. The molecule has 1 aromatic carbocycles. The minimum atomic E-state index is -0.596. The van der Waals surface area contributed by atoms with Gasteiger partial charge in [-0.25, -0.2) is 0 Å². The summed E-state index contributed by atoms with van der Waals surface area (Å²) in [7, 11) is 0. The van der Waals surface area contributed by atoms with E-state index >= 15 is 0 Å². The van der Waals surface area contributed by atoms with Crippen LogP contribution in [0.1, 0.15) is 47.2 Å². The Morgan fingerprint density at radius 1 is 1.19 bits per heavy atom. The molecule has 0 aliphatic carbocycles. The summed E-state index contributed by atoms with van der Waals surface area (Å²) < 4.78 is 1.95. The molecular weight excluding hydrogens is 396 g/mol. The van der Waals surface area contributed by atoms with Crippen LogP contribution < -0.4 is 16.0 Å².